The molecule has 0 saturated heterocycles. The van der Waals surface area contributed by atoms with Crippen LogP contribution in [0, 0.1) is 0 Å². The molecule has 0 aliphatic carbocycles. The van der Waals surface area contributed by atoms with Crippen LogP contribution in [-0.2, 0) is 0 Å². The molecule has 0 bridgehead atoms. The van der Waals surface area contributed by atoms with E-state index in [0.29, 0.717) is 0 Å². The summed E-state index contributed by atoms with van der Waals surface area (Å²) in [5.74, 6) is 1.76. The van der Waals surface area contributed by atoms with Gasteiger partial charge in [-0.15, -0.1) is 0 Å². The number of hydrogen-bond acceptors (Lipinski definition) is 3. The molecular formula is C3H8O3S2. The Bertz CT molecular complexity index is 50.5. The molecule has 0 aliphatic heterocycles. The first-order chi connectivity index (χ1) is 3.65. The fraction of sp³-hybridized carbons (Fsp3) is 0.667. The molecule has 5 heteroatoms. The zero-order chi connectivity index (χ0) is 6.99. The Balaban J connectivity index is 0. The first-order valence-corrected chi connectivity index (χ1v) is 3.05. The van der Waals surface area contributed by atoms with Gasteiger partial charge in [-0.2, -0.15) is 25.3 Å². The summed E-state index contributed by atoms with van der Waals surface area (Å²) in [7, 11) is 0. The Morgan fingerprint density at radius 3 is 1.38 bits per heavy atom. The number of rotatable bonds is 1. The third kappa shape index (κ3) is 157. The van der Waals surface area contributed by atoms with Crippen molar-refractivity contribution in [2.75, 3.05) is 11.5 Å². The highest BCUT2D eigenvalue weighted by molar-refractivity contribution is 7.84. The van der Waals surface area contributed by atoms with Crippen LogP contribution >= 0.6 is 25.3 Å². The lowest BCUT2D eigenvalue weighted by Gasteiger charge is -1.67. The lowest BCUT2D eigenvalue weighted by atomic mass is 11.0. The fourth-order valence-electron chi connectivity index (χ4n) is 0. The summed E-state index contributed by atoms with van der Waals surface area (Å²) in [6.45, 7) is 0. The highest BCUT2D eigenvalue weighted by Gasteiger charge is 1.70. The van der Waals surface area contributed by atoms with Crippen molar-refractivity contribution in [3.05, 3.63) is 0 Å². The topological polar surface area (TPSA) is 57.5 Å². The number of carboxylic acid groups (broad SMARTS) is 2. The van der Waals surface area contributed by atoms with E-state index in [1.165, 1.54) is 0 Å². The lowest BCUT2D eigenvalue weighted by Crippen LogP contribution is -1.81. The predicted molar refractivity (Wildman–Crippen MR) is 38.4 cm³/mol. The van der Waals surface area contributed by atoms with Crippen molar-refractivity contribution in [2.45, 2.75) is 0 Å². The van der Waals surface area contributed by atoms with Crippen molar-refractivity contribution < 1.29 is 15.0 Å². The molecule has 0 amide bonds. The maximum absolute atomic E-state index is 8.56. The Labute approximate surface area is 58.5 Å². The largest absolute Gasteiger partial charge is 0.503 e. The Morgan fingerprint density at radius 1 is 1.25 bits per heavy atom. The molecular weight excluding hydrogens is 148 g/mol. The summed E-state index contributed by atoms with van der Waals surface area (Å²) in [5, 5.41) is 13.9. The molecule has 0 spiro atoms. The first-order valence-electron chi connectivity index (χ1n) is 1.78. The molecule has 0 radical (unpaired) electrons. The molecule has 0 aromatic heterocycles. The minimum absolute atomic E-state index is 0.878. The second kappa shape index (κ2) is 10.1. The van der Waals surface area contributed by atoms with Gasteiger partial charge in [0.05, 0.1) is 0 Å². The maximum Gasteiger partial charge on any atom is 0.503 e. The third-order valence-corrected chi connectivity index (χ3v) is 0.900. The highest BCUT2D eigenvalue weighted by atomic mass is 32.1. The van der Waals surface area contributed by atoms with Crippen molar-refractivity contribution in [3.8, 4) is 0 Å². The molecule has 0 unspecified atom stereocenters. The summed E-state index contributed by atoms with van der Waals surface area (Å²) in [4.78, 5) is 8.56. The van der Waals surface area contributed by atoms with Crippen LogP contribution in [-0.4, -0.2) is 27.9 Å². The van der Waals surface area contributed by atoms with Gasteiger partial charge in [-0.25, -0.2) is 4.79 Å². The highest BCUT2D eigenvalue weighted by Crippen LogP contribution is 1.73. The van der Waals surface area contributed by atoms with E-state index in [9.17, 15) is 0 Å². The number of carbonyl (C=O) groups is 1. The molecule has 2 N–H and O–H groups in total. The second-order valence-corrected chi connectivity index (χ2v) is 1.62. The van der Waals surface area contributed by atoms with Crippen molar-refractivity contribution in [1.29, 1.82) is 0 Å². The van der Waals surface area contributed by atoms with Gasteiger partial charge in [0.2, 0.25) is 0 Å². The van der Waals surface area contributed by atoms with E-state index >= 15 is 0 Å². The average molecular weight is 156 g/mol. The van der Waals surface area contributed by atoms with Crippen LogP contribution in [0.3, 0.4) is 0 Å². The van der Waals surface area contributed by atoms with Crippen molar-refractivity contribution in [3.63, 3.8) is 0 Å². The maximum atomic E-state index is 8.56. The number of thiol groups is 2. The van der Waals surface area contributed by atoms with Gasteiger partial charge in [0.1, 0.15) is 0 Å². The predicted octanol–water partition coefficient (Wildman–Crippen LogP) is 1.07. The van der Waals surface area contributed by atoms with Crippen LogP contribution in [0.25, 0.3) is 0 Å². The minimum Gasteiger partial charge on any atom is -0.450 e. The molecule has 0 fully saturated rings. The van der Waals surface area contributed by atoms with Crippen LogP contribution in [0.1, 0.15) is 0 Å². The first kappa shape index (κ1) is 10.9. The van der Waals surface area contributed by atoms with Gasteiger partial charge >= 0.3 is 6.16 Å². The van der Waals surface area contributed by atoms with Gasteiger partial charge in [0.25, 0.3) is 0 Å². The molecule has 3 nitrogen and oxygen atoms in total. The Hall–Kier alpha value is -0.0300. The zero-order valence-corrected chi connectivity index (χ0v) is 5.90. The third-order valence-electron chi connectivity index (χ3n) is 0.1000. The monoisotopic (exact) mass is 156 g/mol. The molecule has 0 aromatic carbocycles. The summed E-state index contributed by atoms with van der Waals surface area (Å²) in [5.41, 5.74) is 0. The van der Waals surface area contributed by atoms with Gasteiger partial charge < -0.3 is 10.2 Å². The summed E-state index contributed by atoms with van der Waals surface area (Å²) < 4.78 is 0. The molecule has 0 rings (SSSR count). The van der Waals surface area contributed by atoms with Gasteiger partial charge in [-0.1, -0.05) is 0 Å². The van der Waals surface area contributed by atoms with E-state index < -0.39 is 6.16 Å². The van der Waals surface area contributed by atoms with Crippen LogP contribution in [0.5, 0.6) is 0 Å². The van der Waals surface area contributed by atoms with Gasteiger partial charge in [0, 0.05) is 0 Å². The van der Waals surface area contributed by atoms with Gasteiger partial charge in [0.15, 0.2) is 0 Å². The lowest BCUT2D eigenvalue weighted by molar-refractivity contribution is 0.137. The molecule has 50 valence electrons. The van der Waals surface area contributed by atoms with E-state index in [0.717, 1.165) is 11.5 Å². The second-order valence-electron chi connectivity index (χ2n) is 0.730. The van der Waals surface area contributed by atoms with Crippen LogP contribution in [0.4, 0.5) is 4.79 Å². The number of hydrogen-bond donors (Lipinski definition) is 4. The molecule has 8 heavy (non-hydrogen) atoms. The van der Waals surface area contributed by atoms with Crippen LogP contribution < -0.4 is 0 Å². The van der Waals surface area contributed by atoms with Crippen LogP contribution in [0.2, 0.25) is 0 Å². The van der Waals surface area contributed by atoms with Gasteiger partial charge in [-0.05, 0) is 11.5 Å². The SMILES string of the molecule is O=C(O)O.SCCS. The molecule has 0 heterocycles. The quantitative estimate of drug-likeness (QED) is 0.429. The smallest absolute Gasteiger partial charge is 0.450 e. The van der Waals surface area contributed by atoms with Crippen molar-refractivity contribution >= 4 is 31.4 Å². The van der Waals surface area contributed by atoms with E-state index in [1.807, 2.05) is 0 Å². The van der Waals surface area contributed by atoms with E-state index in [4.69, 9.17) is 15.0 Å². The Kier molecular flexibility index (Phi) is 13.7. The standard InChI is InChI=1S/C2H6S2.CH2O3/c3-1-2-4;2-1(3)4/h3-4H,1-2H2;(H2,2,3,4). The van der Waals surface area contributed by atoms with Crippen molar-refractivity contribution in [1.82, 2.24) is 0 Å². The van der Waals surface area contributed by atoms with Gasteiger partial charge in [-0.3, -0.25) is 0 Å². The Morgan fingerprint density at radius 2 is 1.38 bits per heavy atom. The average Bonchev–Trinajstić information content (AvgIpc) is 1.65. The van der Waals surface area contributed by atoms with Crippen LogP contribution in [0.15, 0.2) is 0 Å². The molecule has 0 aliphatic rings. The molecule has 0 saturated carbocycles. The van der Waals surface area contributed by atoms with E-state index in [2.05, 4.69) is 25.3 Å². The summed E-state index contributed by atoms with van der Waals surface area (Å²) in [6.07, 6.45) is -1.83. The van der Waals surface area contributed by atoms with E-state index in [1.54, 1.807) is 0 Å². The van der Waals surface area contributed by atoms with E-state index in [-0.39, 0.29) is 0 Å². The fourth-order valence-corrected chi connectivity index (χ4v) is 0. The zero-order valence-electron chi connectivity index (χ0n) is 4.11. The summed E-state index contributed by atoms with van der Waals surface area (Å²) in [6, 6.07) is 0. The summed E-state index contributed by atoms with van der Waals surface area (Å²) >= 11 is 7.69. The minimum atomic E-state index is -1.83. The molecule has 0 atom stereocenters. The van der Waals surface area contributed by atoms with Crippen molar-refractivity contribution in [2.24, 2.45) is 0 Å². The normalized spacial score (nSPS) is 6.75. The molecule has 0 aromatic rings.